The van der Waals surface area contributed by atoms with E-state index in [2.05, 4.69) is 10.3 Å². The lowest BCUT2D eigenvalue weighted by molar-refractivity contribution is 0.175. The molecule has 1 aromatic heterocycles. The molecule has 2 amide bonds. The Morgan fingerprint density at radius 3 is 2.69 bits per heavy atom. The van der Waals surface area contributed by atoms with Gasteiger partial charge in [0, 0.05) is 25.0 Å². The molecule has 1 aromatic carbocycles. The second-order valence-electron chi connectivity index (χ2n) is 7.29. The molecule has 2 saturated heterocycles. The van der Waals surface area contributed by atoms with Gasteiger partial charge in [-0.05, 0) is 37.8 Å². The Morgan fingerprint density at radius 1 is 1.27 bits per heavy atom. The third-order valence-corrected chi connectivity index (χ3v) is 7.09. The van der Waals surface area contributed by atoms with Gasteiger partial charge < -0.3 is 14.6 Å². The van der Waals surface area contributed by atoms with Gasteiger partial charge in [-0.3, -0.25) is 0 Å². The molecule has 140 valence electrons. The van der Waals surface area contributed by atoms with Crippen molar-refractivity contribution in [2.45, 2.75) is 38.1 Å². The van der Waals surface area contributed by atoms with Gasteiger partial charge in [0.2, 0.25) is 0 Å². The first-order valence-corrected chi connectivity index (χ1v) is 10.9. The smallest absolute Gasteiger partial charge is 0.317 e. The van der Waals surface area contributed by atoms with Gasteiger partial charge in [-0.2, -0.15) is 0 Å². The molecule has 0 bridgehead atoms. The number of nitrogens with one attached hydrogen (secondary N) is 1. The third kappa shape index (κ3) is 3.42. The van der Waals surface area contributed by atoms with E-state index < -0.39 is 9.84 Å². The topological polar surface area (TPSA) is 92.5 Å². The number of fused-ring (bicyclic) bond motifs is 1. The van der Waals surface area contributed by atoms with Crippen LogP contribution < -0.4 is 5.32 Å². The van der Waals surface area contributed by atoms with Crippen molar-refractivity contribution >= 4 is 27.0 Å². The zero-order valence-electron chi connectivity index (χ0n) is 14.8. The summed E-state index contributed by atoms with van der Waals surface area (Å²) in [4.78, 5) is 18.7. The number of benzene rings is 1. The summed E-state index contributed by atoms with van der Waals surface area (Å²) in [6, 6.07) is 5.51. The number of hydrogen-bond acceptors (Lipinski definition) is 5. The highest BCUT2D eigenvalue weighted by Gasteiger charge is 2.32. The number of nitrogens with zero attached hydrogens (tertiary/aromatic N) is 2. The molecular formula is C18H23N3O4S. The quantitative estimate of drug-likeness (QED) is 0.866. The molecule has 0 spiro atoms. The zero-order valence-corrected chi connectivity index (χ0v) is 15.6. The summed E-state index contributed by atoms with van der Waals surface area (Å²) in [7, 11) is -2.99. The molecule has 2 fully saturated rings. The molecule has 2 aromatic rings. The summed E-state index contributed by atoms with van der Waals surface area (Å²) < 4.78 is 29.0. The molecule has 2 aliphatic rings. The lowest BCUT2D eigenvalue weighted by Crippen LogP contribution is -2.48. The van der Waals surface area contributed by atoms with E-state index in [0.717, 1.165) is 35.4 Å². The predicted octanol–water partition coefficient (Wildman–Crippen LogP) is 2.21. The second-order valence-corrected chi connectivity index (χ2v) is 9.51. The summed E-state index contributed by atoms with van der Waals surface area (Å²) in [6.07, 6.45) is 2.09. The van der Waals surface area contributed by atoms with E-state index in [1.165, 1.54) is 0 Å². The van der Waals surface area contributed by atoms with Crippen LogP contribution in [0.25, 0.3) is 11.1 Å². The van der Waals surface area contributed by atoms with Crippen LogP contribution in [0.3, 0.4) is 0 Å². The summed E-state index contributed by atoms with van der Waals surface area (Å²) >= 11 is 0. The van der Waals surface area contributed by atoms with Crippen molar-refractivity contribution in [1.29, 1.82) is 0 Å². The molecule has 0 aliphatic carbocycles. The van der Waals surface area contributed by atoms with Crippen molar-refractivity contribution in [1.82, 2.24) is 15.2 Å². The second kappa shape index (κ2) is 6.57. The number of piperidine rings is 1. The molecule has 7 nitrogen and oxygen atoms in total. The SMILES string of the molecule is Cc1cccc2nc(C3CCN(C(=O)NC4CCS(=O)(=O)C4)CC3)oc12. The van der Waals surface area contributed by atoms with Crippen LogP contribution in [0, 0.1) is 6.92 Å². The Kier molecular flexibility index (Phi) is 4.38. The zero-order chi connectivity index (χ0) is 18.3. The number of aryl methyl sites for hydroxylation is 1. The van der Waals surface area contributed by atoms with E-state index in [1.54, 1.807) is 4.90 Å². The highest BCUT2D eigenvalue weighted by molar-refractivity contribution is 7.91. The minimum Gasteiger partial charge on any atom is -0.440 e. The standard InChI is InChI=1S/C18H23N3O4S/c1-12-3-2-4-15-16(12)25-17(20-15)13-5-8-21(9-6-13)18(22)19-14-7-10-26(23,24)11-14/h2-4,13-14H,5-11H2,1H3,(H,19,22). The molecule has 0 saturated carbocycles. The largest absolute Gasteiger partial charge is 0.440 e. The number of oxazole rings is 1. The number of sulfone groups is 1. The minimum atomic E-state index is -2.99. The van der Waals surface area contributed by atoms with E-state index in [-0.39, 0.29) is 29.5 Å². The van der Waals surface area contributed by atoms with Crippen molar-refractivity contribution in [2.75, 3.05) is 24.6 Å². The van der Waals surface area contributed by atoms with Gasteiger partial charge in [0.25, 0.3) is 0 Å². The first-order valence-electron chi connectivity index (χ1n) is 9.03. The Labute approximate surface area is 152 Å². The fourth-order valence-electron chi connectivity index (χ4n) is 3.78. The molecule has 0 radical (unpaired) electrons. The molecule has 1 unspecified atom stereocenters. The number of urea groups is 1. The van der Waals surface area contributed by atoms with Crippen LogP contribution in [0.15, 0.2) is 22.6 Å². The van der Waals surface area contributed by atoms with Crippen LogP contribution >= 0.6 is 0 Å². The molecule has 8 heteroatoms. The van der Waals surface area contributed by atoms with Crippen molar-refractivity contribution in [3.8, 4) is 0 Å². The van der Waals surface area contributed by atoms with Gasteiger partial charge in [-0.1, -0.05) is 12.1 Å². The Balaban J connectivity index is 1.36. The molecule has 26 heavy (non-hydrogen) atoms. The van der Waals surface area contributed by atoms with Gasteiger partial charge in [-0.25, -0.2) is 18.2 Å². The molecular weight excluding hydrogens is 354 g/mol. The maximum Gasteiger partial charge on any atom is 0.317 e. The molecule has 4 rings (SSSR count). The van der Waals surface area contributed by atoms with E-state index in [1.807, 2.05) is 25.1 Å². The Morgan fingerprint density at radius 2 is 2.04 bits per heavy atom. The number of hydrogen-bond donors (Lipinski definition) is 1. The third-order valence-electron chi connectivity index (χ3n) is 5.32. The van der Waals surface area contributed by atoms with E-state index in [4.69, 9.17) is 4.42 Å². The Hall–Kier alpha value is -2.09. The van der Waals surface area contributed by atoms with Crippen molar-refractivity contribution in [2.24, 2.45) is 0 Å². The van der Waals surface area contributed by atoms with Crippen LogP contribution in [0.2, 0.25) is 0 Å². The van der Waals surface area contributed by atoms with Crippen LogP contribution in [0.4, 0.5) is 4.79 Å². The molecule has 1 atom stereocenters. The average molecular weight is 377 g/mol. The number of rotatable bonds is 2. The number of carbonyl (C=O) groups excluding carboxylic acids is 1. The predicted molar refractivity (Wildman–Crippen MR) is 97.9 cm³/mol. The molecule has 1 N–H and O–H groups in total. The maximum atomic E-state index is 12.4. The number of aromatic nitrogens is 1. The van der Waals surface area contributed by atoms with E-state index in [9.17, 15) is 13.2 Å². The lowest BCUT2D eigenvalue weighted by atomic mass is 9.97. The highest BCUT2D eigenvalue weighted by Crippen LogP contribution is 2.31. The van der Waals surface area contributed by atoms with Gasteiger partial charge >= 0.3 is 6.03 Å². The van der Waals surface area contributed by atoms with Crippen LogP contribution in [-0.2, 0) is 9.84 Å². The fourth-order valence-corrected chi connectivity index (χ4v) is 5.46. The number of para-hydroxylation sites is 1. The lowest BCUT2D eigenvalue weighted by Gasteiger charge is -2.31. The monoisotopic (exact) mass is 377 g/mol. The van der Waals surface area contributed by atoms with E-state index in [0.29, 0.717) is 19.5 Å². The van der Waals surface area contributed by atoms with Gasteiger partial charge in [0.05, 0.1) is 11.5 Å². The summed E-state index contributed by atoms with van der Waals surface area (Å²) in [5.74, 6) is 1.17. The van der Waals surface area contributed by atoms with Crippen LogP contribution in [-0.4, -0.2) is 55.0 Å². The summed E-state index contributed by atoms with van der Waals surface area (Å²) in [5.41, 5.74) is 2.79. The van der Waals surface area contributed by atoms with Gasteiger partial charge in [0.15, 0.2) is 21.3 Å². The highest BCUT2D eigenvalue weighted by atomic mass is 32.2. The van der Waals surface area contributed by atoms with Gasteiger partial charge in [0.1, 0.15) is 5.52 Å². The normalized spacial score (nSPS) is 23.4. The summed E-state index contributed by atoms with van der Waals surface area (Å²) in [5, 5.41) is 2.86. The molecule has 3 heterocycles. The molecule has 2 aliphatic heterocycles. The van der Waals surface area contributed by atoms with Crippen molar-refractivity contribution in [3.05, 3.63) is 29.7 Å². The number of carbonyl (C=O) groups is 1. The first-order chi connectivity index (χ1) is 12.4. The maximum absolute atomic E-state index is 12.4. The van der Waals surface area contributed by atoms with Crippen LogP contribution in [0.5, 0.6) is 0 Å². The van der Waals surface area contributed by atoms with Crippen molar-refractivity contribution in [3.63, 3.8) is 0 Å². The minimum absolute atomic E-state index is 0.0530. The van der Waals surface area contributed by atoms with Gasteiger partial charge in [-0.15, -0.1) is 0 Å². The van der Waals surface area contributed by atoms with E-state index >= 15 is 0 Å². The van der Waals surface area contributed by atoms with Crippen molar-refractivity contribution < 1.29 is 17.6 Å². The average Bonchev–Trinajstić information content (AvgIpc) is 3.19. The Bertz CT molecular complexity index is 929. The first kappa shape index (κ1) is 17.3. The fraction of sp³-hybridized carbons (Fsp3) is 0.556. The number of likely N-dealkylation sites (tertiary alicyclic amines) is 1. The summed E-state index contributed by atoms with van der Waals surface area (Å²) in [6.45, 7) is 3.24. The number of amides is 2. The van der Waals surface area contributed by atoms with Crippen LogP contribution in [0.1, 0.15) is 36.6 Å².